The topological polar surface area (TPSA) is 197 Å². The summed E-state index contributed by atoms with van der Waals surface area (Å²) in [6.45, 7) is 13.5. The third kappa shape index (κ3) is 72.4. The van der Waals surface area contributed by atoms with Gasteiger partial charge in [0.1, 0.15) is 0 Å². The first kappa shape index (κ1) is 41.7. The second kappa shape index (κ2) is 28.5. The fraction of sp³-hybridized carbons (Fsp3) is 1.00. The second-order valence-corrected chi connectivity index (χ2v) is 10.3. The van der Waals surface area contributed by atoms with E-state index in [2.05, 4.69) is 13.3 Å². The van der Waals surface area contributed by atoms with Gasteiger partial charge in [0.2, 0.25) is 0 Å². The van der Waals surface area contributed by atoms with Crippen LogP contribution < -0.4 is 14.8 Å². The molecule has 29 heavy (non-hydrogen) atoms. The summed E-state index contributed by atoms with van der Waals surface area (Å²) in [5, 5.41) is 0. The maximum atomic E-state index is 9.73. The molecule has 0 aliphatic heterocycles. The minimum atomic E-state index is -3.45. The molecule has 0 aliphatic carbocycles. The monoisotopic (exact) mass is 604 g/mol. The summed E-state index contributed by atoms with van der Waals surface area (Å²) in [5.41, 5.74) is 0. The Kier molecular flexibility index (Phi) is 40.9. The summed E-state index contributed by atoms with van der Waals surface area (Å²) in [6.07, 6.45) is -0.704. The van der Waals surface area contributed by atoms with Crippen molar-refractivity contribution in [3.63, 3.8) is 0 Å². The third-order valence-electron chi connectivity index (χ3n) is 1.33. The largest absolute Gasteiger partial charge is 4.00 e. The maximum absolute atomic E-state index is 9.73. The van der Waals surface area contributed by atoms with Crippen molar-refractivity contribution in [3.05, 3.63) is 0 Å². The van der Waals surface area contributed by atoms with Gasteiger partial charge in [-0.25, -0.2) is 0 Å². The average Bonchev–Trinajstić information content (AvgIpc) is 2.32. The van der Waals surface area contributed by atoms with Crippen LogP contribution >= 0.6 is 0 Å². The Morgan fingerprint density at radius 1 is 0.448 bits per heavy atom. The van der Waals surface area contributed by atoms with Crippen molar-refractivity contribution in [1.29, 1.82) is 0 Å². The van der Waals surface area contributed by atoms with Gasteiger partial charge in [0.25, 0.3) is 0 Å². The number of hydrogen-bond donors (Lipinski definition) is 0. The van der Waals surface area contributed by atoms with Crippen molar-refractivity contribution >= 4 is 0 Å². The van der Waals surface area contributed by atoms with Crippen molar-refractivity contribution in [2.45, 2.75) is 79.8 Å². The predicted molar refractivity (Wildman–Crippen MR) is 67.6 cm³/mol. The van der Waals surface area contributed by atoms with Gasteiger partial charge in [-0.15, -0.1) is 0 Å². The zero-order valence-corrected chi connectivity index (χ0v) is 25.5. The first-order valence-corrected chi connectivity index (χ1v) is 15.7. The van der Waals surface area contributed by atoms with Crippen molar-refractivity contribution in [3.8, 4) is 0 Å². The molecule has 0 unspecified atom stereocenters. The molecule has 0 heterocycles. The van der Waals surface area contributed by atoms with E-state index in [0.29, 0.717) is 0 Å². The van der Waals surface area contributed by atoms with Gasteiger partial charge < -0.3 is 0 Å². The van der Waals surface area contributed by atoms with Crippen molar-refractivity contribution in [2.75, 3.05) is 0 Å². The van der Waals surface area contributed by atoms with Crippen LogP contribution in [0.1, 0.15) is 55.4 Å². The van der Waals surface area contributed by atoms with Gasteiger partial charge in [0.05, 0.1) is 0 Å². The Labute approximate surface area is 215 Å². The molecule has 0 radical (unpaired) electrons. The van der Waals surface area contributed by atoms with Gasteiger partial charge in [-0.2, -0.15) is 0 Å². The fourth-order valence-corrected chi connectivity index (χ4v) is 3.17. The molecule has 12 nitrogen and oxygen atoms in total. The van der Waals surface area contributed by atoms with Crippen LogP contribution in [0.25, 0.3) is 0 Å². The van der Waals surface area contributed by atoms with E-state index in [0.717, 1.165) is 0 Å². The van der Waals surface area contributed by atoms with Crippen LogP contribution in [0.4, 0.5) is 0 Å². The van der Waals surface area contributed by atoms with E-state index in [1.807, 2.05) is 0 Å². The minimum Gasteiger partial charge on any atom is 4.00 e. The molecule has 0 fully saturated rings. The van der Waals surface area contributed by atoms with Crippen LogP contribution in [-0.2, 0) is 123 Å². The Hall–Kier alpha value is 2.45. The Bertz CT molecular complexity index is 365. The maximum Gasteiger partial charge on any atom is 4.00 e. The Morgan fingerprint density at radius 3 is 0.552 bits per heavy atom. The third-order valence-corrected chi connectivity index (χ3v) is 5.47. The molecular weight excluding hydrogens is 575 g/mol. The van der Waals surface area contributed by atoms with Crippen LogP contribution in [0.3, 0.4) is 0 Å². The molecule has 0 spiro atoms. The Morgan fingerprint density at radius 2 is 0.552 bits per heavy atom. The van der Waals surface area contributed by atoms with Gasteiger partial charge in [0.15, 0.2) is 0 Å². The van der Waals surface area contributed by atoms with Crippen molar-refractivity contribution in [2.24, 2.45) is 0 Å². The van der Waals surface area contributed by atoms with Gasteiger partial charge in [-0.3, -0.25) is 0 Å². The summed E-state index contributed by atoms with van der Waals surface area (Å²) in [5.74, 6) is 0. The molecule has 0 saturated carbocycles. The SMILES string of the molecule is CC(C)[O][Ti](=[O])[O-].CC(C)[O][Ti](=[O])[O-].CC(C)[O][Ti](=[O])[O-].CC(C)[O][Ti](=[O])[O-].[Ti+4]. The predicted octanol–water partition coefficient (Wildman–Crippen LogP) is -1.74. The molecule has 0 aromatic heterocycles. The van der Waals surface area contributed by atoms with E-state index in [9.17, 15) is 28.1 Å². The van der Waals surface area contributed by atoms with Gasteiger partial charge >= 0.3 is 217 Å². The zero-order valence-electron chi connectivity index (χ0n) is 17.7. The summed E-state index contributed by atoms with van der Waals surface area (Å²) in [4.78, 5) is 0. The number of rotatable bonds is 8. The van der Waals surface area contributed by atoms with E-state index in [1.54, 1.807) is 55.4 Å². The van der Waals surface area contributed by atoms with E-state index < -0.39 is 74.5 Å². The van der Waals surface area contributed by atoms with Crippen LogP contribution in [0.15, 0.2) is 0 Å². The molecule has 0 rings (SSSR count). The average molecular weight is 604 g/mol. The molecule has 0 N–H and O–H groups in total. The molecule has 0 aromatic rings. The van der Waals surface area contributed by atoms with E-state index in [-0.39, 0.29) is 46.1 Å². The van der Waals surface area contributed by atoms with Crippen molar-refractivity contribution in [1.82, 2.24) is 0 Å². The van der Waals surface area contributed by atoms with Gasteiger partial charge in [-0.05, 0) is 0 Å². The molecule has 0 saturated heterocycles. The second-order valence-electron chi connectivity index (χ2n) is 5.67. The molecule has 168 valence electrons. The summed E-state index contributed by atoms with van der Waals surface area (Å²) in [6, 6.07) is 0. The molecule has 0 amide bonds. The fourth-order valence-electron chi connectivity index (χ4n) is 0.770. The Balaban J connectivity index is -0.0000000873. The normalized spacial score (nSPS) is 9.38. The van der Waals surface area contributed by atoms with Crippen LogP contribution in [0.2, 0.25) is 0 Å². The zero-order chi connectivity index (χ0) is 23.4. The standard InChI is InChI=1S/4C3H7O.8O.5Ti/c4*1-3(2)4;;;;;;;;;;;;;/h4*3H,1-2H3;;;;;;;;;;;;;/q4*-1;;;;;4*-1;4*+1;+4. The van der Waals surface area contributed by atoms with E-state index >= 15 is 0 Å². The van der Waals surface area contributed by atoms with Crippen LogP contribution in [0.5, 0.6) is 0 Å². The molecule has 0 aromatic carbocycles. The molecular formula is C12H28O12Ti5. The summed E-state index contributed by atoms with van der Waals surface area (Å²) in [7, 11) is 0. The van der Waals surface area contributed by atoms with Gasteiger partial charge in [0, 0.05) is 0 Å². The minimum absolute atomic E-state index is 0. The van der Waals surface area contributed by atoms with Crippen LogP contribution in [0, 0.1) is 0 Å². The molecule has 17 heteroatoms. The number of hydrogen-bond acceptors (Lipinski definition) is 12. The molecule has 0 aliphatic rings. The van der Waals surface area contributed by atoms with Crippen molar-refractivity contribution < 1.29 is 138 Å². The molecule has 0 atom stereocenters. The van der Waals surface area contributed by atoms with E-state index in [1.165, 1.54) is 0 Å². The van der Waals surface area contributed by atoms with Crippen LogP contribution in [-0.4, -0.2) is 24.4 Å². The first-order valence-electron chi connectivity index (χ1n) is 8.01. The van der Waals surface area contributed by atoms with Gasteiger partial charge in [-0.1, -0.05) is 0 Å². The molecule has 0 bridgehead atoms. The first-order chi connectivity index (χ1) is 12.5. The summed E-state index contributed by atoms with van der Waals surface area (Å²) < 4.78 is 95.0. The summed E-state index contributed by atoms with van der Waals surface area (Å²) >= 11 is -13.8. The quantitative estimate of drug-likeness (QED) is 0.284. The van der Waals surface area contributed by atoms with E-state index in [4.69, 9.17) is 0 Å². The smallest absolute Gasteiger partial charge is 4.00 e.